The lowest BCUT2D eigenvalue weighted by molar-refractivity contribution is -0.117. The van der Waals surface area contributed by atoms with Gasteiger partial charge in [0.25, 0.3) is 0 Å². The molecule has 25 heavy (non-hydrogen) atoms. The van der Waals surface area contributed by atoms with Gasteiger partial charge >= 0.3 is 0 Å². The summed E-state index contributed by atoms with van der Waals surface area (Å²) < 4.78 is 5.43. The fourth-order valence-corrected chi connectivity index (χ4v) is 3.43. The minimum atomic E-state index is 0. The van der Waals surface area contributed by atoms with Crippen LogP contribution in [0.3, 0.4) is 0 Å². The molecule has 1 N–H and O–H groups in total. The van der Waals surface area contributed by atoms with E-state index in [1.54, 1.807) is 7.05 Å². The quantitative estimate of drug-likeness (QED) is 0.415. The Balaban J connectivity index is 0.00000225. The molecule has 0 aliphatic carbocycles. The van der Waals surface area contributed by atoms with Gasteiger partial charge in [0.1, 0.15) is 0 Å². The number of nitrogens with one attached hydrogen (secondary N) is 1. The number of hydrogen-bond donors (Lipinski definition) is 1. The Hall–Kier alpha value is -1.35. The summed E-state index contributed by atoms with van der Waals surface area (Å²) in [6.45, 7) is 3.96. The Morgan fingerprint density at radius 1 is 1.44 bits per heavy atom. The van der Waals surface area contributed by atoms with Gasteiger partial charge in [0.2, 0.25) is 5.91 Å². The lowest BCUT2D eigenvalue weighted by Crippen LogP contribution is -2.44. The Labute approximate surface area is 166 Å². The average molecular weight is 458 g/mol. The molecule has 0 bridgehead atoms. The standard InChI is InChI=1S/C18H26N4O2.HI/c1-19-18(21(2)12-14-7-10-24-13-14)20-8-9-22-16-6-4-3-5-15(16)11-17(22)23;/h3-6,14H,7-13H2,1-2H3,(H,19,20);1H. The highest BCUT2D eigenvalue weighted by molar-refractivity contribution is 14.0. The third-order valence-corrected chi connectivity index (χ3v) is 4.67. The summed E-state index contributed by atoms with van der Waals surface area (Å²) in [6.07, 6.45) is 1.62. The number of benzene rings is 1. The van der Waals surface area contributed by atoms with Crippen molar-refractivity contribution in [1.29, 1.82) is 0 Å². The van der Waals surface area contributed by atoms with Gasteiger partial charge in [-0.15, -0.1) is 24.0 Å². The van der Waals surface area contributed by atoms with E-state index in [4.69, 9.17) is 4.74 Å². The number of fused-ring (bicyclic) bond motifs is 1. The molecule has 1 amide bonds. The number of aliphatic imine (C=N–C) groups is 1. The highest BCUT2D eigenvalue weighted by Gasteiger charge is 2.26. The summed E-state index contributed by atoms with van der Waals surface area (Å²) in [5, 5.41) is 3.36. The molecule has 1 saturated heterocycles. The number of nitrogens with zero attached hydrogens (tertiary/aromatic N) is 3. The SMILES string of the molecule is CN=C(NCCN1C(=O)Cc2ccccc21)N(C)CC1CCOC1.I. The van der Waals surface area contributed by atoms with E-state index in [9.17, 15) is 4.79 Å². The first-order valence-corrected chi connectivity index (χ1v) is 8.57. The molecule has 2 aliphatic heterocycles. The Kier molecular flexibility index (Phi) is 7.49. The monoisotopic (exact) mass is 458 g/mol. The van der Waals surface area contributed by atoms with Crippen molar-refractivity contribution in [3.63, 3.8) is 0 Å². The van der Waals surface area contributed by atoms with E-state index in [0.717, 1.165) is 43.4 Å². The molecule has 1 aromatic carbocycles. The van der Waals surface area contributed by atoms with Crippen molar-refractivity contribution in [3.8, 4) is 0 Å². The fourth-order valence-electron chi connectivity index (χ4n) is 3.43. The summed E-state index contributed by atoms with van der Waals surface area (Å²) >= 11 is 0. The molecule has 7 heteroatoms. The Morgan fingerprint density at radius 3 is 2.96 bits per heavy atom. The number of amides is 1. The molecular formula is C18H27IN4O2. The number of anilines is 1. The third-order valence-electron chi connectivity index (χ3n) is 4.67. The second kappa shape index (κ2) is 9.38. The number of carbonyl (C=O) groups is 1. The molecule has 138 valence electrons. The minimum Gasteiger partial charge on any atom is -0.381 e. The van der Waals surface area contributed by atoms with Crippen molar-refractivity contribution >= 4 is 41.5 Å². The second-order valence-electron chi connectivity index (χ2n) is 6.43. The normalized spacial score (nSPS) is 19.6. The first-order chi connectivity index (χ1) is 11.7. The molecule has 1 unspecified atom stereocenters. The summed E-state index contributed by atoms with van der Waals surface area (Å²) in [7, 11) is 3.84. The summed E-state index contributed by atoms with van der Waals surface area (Å²) in [4.78, 5) is 20.5. The number of ether oxygens (including phenoxy) is 1. The Bertz CT molecular complexity index is 617. The van der Waals surface area contributed by atoms with Crippen molar-refractivity contribution < 1.29 is 9.53 Å². The van der Waals surface area contributed by atoms with Crippen LogP contribution in [0.2, 0.25) is 0 Å². The number of guanidine groups is 1. The van der Waals surface area contributed by atoms with Crippen LogP contribution in [0.15, 0.2) is 29.3 Å². The van der Waals surface area contributed by atoms with Gasteiger partial charge < -0.3 is 19.9 Å². The lowest BCUT2D eigenvalue weighted by atomic mass is 10.1. The van der Waals surface area contributed by atoms with Crippen LogP contribution >= 0.6 is 24.0 Å². The molecule has 1 atom stereocenters. The van der Waals surface area contributed by atoms with Gasteiger partial charge in [-0.25, -0.2) is 0 Å². The predicted molar refractivity (Wildman–Crippen MR) is 111 cm³/mol. The zero-order valence-corrected chi connectivity index (χ0v) is 17.2. The minimum absolute atomic E-state index is 0. The van der Waals surface area contributed by atoms with E-state index >= 15 is 0 Å². The van der Waals surface area contributed by atoms with Crippen molar-refractivity contribution in [1.82, 2.24) is 10.2 Å². The van der Waals surface area contributed by atoms with Crippen molar-refractivity contribution in [2.24, 2.45) is 10.9 Å². The topological polar surface area (TPSA) is 57.2 Å². The van der Waals surface area contributed by atoms with Gasteiger partial charge in [-0.05, 0) is 18.1 Å². The highest BCUT2D eigenvalue weighted by atomic mass is 127. The van der Waals surface area contributed by atoms with Crippen LogP contribution in [-0.2, 0) is 16.0 Å². The first kappa shape index (κ1) is 20.0. The Morgan fingerprint density at radius 2 is 2.24 bits per heavy atom. The first-order valence-electron chi connectivity index (χ1n) is 8.57. The maximum absolute atomic E-state index is 12.2. The second-order valence-corrected chi connectivity index (χ2v) is 6.43. The van der Waals surface area contributed by atoms with Gasteiger partial charge in [0.05, 0.1) is 13.0 Å². The number of rotatable bonds is 5. The van der Waals surface area contributed by atoms with Gasteiger partial charge in [-0.2, -0.15) is 0 Å². The van der Waals surface area contributed by atoms with Crippen LogP contribution < -0.4 is 10.2 Å². The van der Waals surface area contributed by atoms with Crippen molar-refractivity contribution in [3.05, 3.63) is 29.8 Å². The molecule has 3 rings (SSSR count). The van der Waals surface area contributed by atoms with Crippen LogP contribution in [0.25, 0.3) is 0 Å². The molecule has 0 saturated carbocycles. The van der Waals surface area contributed by atoms with E-state index in [2.05, 4.69) is 15.2 Å². The van der Waals surface area contributed by atoms with E-state index < -0.39 is 0 Å². The van der Waals surface area contributed by atoms with E-state index in [-0.39, 0.29) is 29.9 Å². The predicted octanol–water partition coefficient (Wildman–Crippen LogP) is 1.74. The highest BCUT2D eigenvalue weighted by Crippen LogP contribution is 2.27. The van der Waals surface area contributed by atoms with Crippen molar-refractivity contribution in [2.75, 3.05) is 51.8 Å². The number of halogens is 1. The lowest BCUT2D eigenvalue weighted by Gasteiger charge is -2.25. The largest absolute Gasteiger partial charge is 0.381 e. The molecule has 0 aromatic heterocycles. The summed E-state index contributed by atoms with van der Waals surface area (Å²) in [6, 6.07) is 8.00. The molecule has 6 nitrogen and oxygen atoms in total. The smallest absolute Gasteiger partial charge is 0.231 e. The van der Waals surface area contributed by atoms with E-state index in [0.29, 0.717) is 25.4 Å². The zero-order chi connectivity index (χ0) is 16.9. The van der Waals surface area contributed by atoms with Gasteiger partial charge in [-0.3, -0.25) is 9.79 Å². The fraction of sp³-hybridized carbons (Fsp3) is 0.556. The van der Waals surface area contributed by atoms with Gasteiger partial charge in [-0.1, -0.05) is 18.2 Å². The van der Waals surface area contributed by atoms with E-state index in [1.807, 2.05) is 36.2 Å². The molecule has 0 radical (unpaired) electrons. The van der Waals surface area contributed by atoms with Gasteiger partial charge in [0.15, 0.2) is 5.96 Å². The molecule has 2 aliphatic rings. The molecule has 2 heterocycles. The molecule has 0 spiro atoms. The number of para-hydroxylation sites is 1. The number of carbonyl (C=O) groups excluding carboxylic acids is 1. The summed E-state index contributed by atoms with van der Waals surface area (Å²) in [5.41, 5.74) is 2.15. The zero-order valence-electron chi connectivity index (χ0n) is 14.9. The molecule has 1 aromatic rings. The van der Waals surface area contributed by atoms with Crippen molar-refractivity contribution in [2.45, 2.75) is 12.8 Å². The average Bonchev–Trinajstić information content (AvgIpc) is 3.19. The maximum Gasteiger partial charge on any atom is 0.231 e. The van der Waals surface area contributed by atoms with Crippen LogP contribution in [0.5, 0.6) is 0 Å². The van der Waals surface area contributed by atoms with Crippen LogP contribution in [0, 0.1) is 5.92 Å². The van der Waals surface area contributed by atoms with Crippen LogP contribution in [0.1, 0.15) is 12.0 Å². The summed E-state index contributed by atoms with van der Waals surface area (Å²) in [5.74, 6) is 1.60. The third kappa shape index (κ3) is 4.84. The van der Waals surface area contributed by atoms with E-state index in [1.165, 1.54) is 0 Å². The molecular weight excluding hydrogens is 431 g/mol. The van der Waals surface area contributed by atoms with Crippen LogP contribution in [-0.4, -0.2) is 63.7 Å². The molecule has 1 fully saturated rings. The maximum atomic E-state index is 12.2. The van der Waals surface area contributed by atoms with Gasteiger partial charge in [0, 0.05) is 51.9 Å². The number of hydrogen-bond acceptors (Lipinski definition) is 3. The van der Waals surface area contributed by atoms with Crippen LogP contribution in [0.4, 0.5) is 5.69 Å².